The Hall–Kier alpha value is -1.94. The summed E-state index contributed by atoms with van der Waals surface area (Å²) in [6.07, 6.45) is 5.10. The third-order valence-corrected chi connectivity index (χ3v) is 3.40. The number of aromatic nitrogens is 2. The van der Waals surface area contributed by atoms with Gasteiger partial charge in [-0.15, -0.1) is 0 Å². The van der Waals surface area contributed by atoms with Gasteiger partial charge in [0.15, 0.2) is 0 Å². The second-order valence-corrected chi connectivity index (χ2v) is 5.04. The lowest BCUT2D eigenvalue weighted by atomic mass is 10.0. The van der Waals surface area contributed by atoms with E-state index in [9.17, 15) is 0 Å². The lowest BCUT2D eigenvalue weighted by molar-refractivity contribution is 0.406. The molecule has 1 atom stereocenters. The fourth-order valence-electron chi connectivity index (χ4n) is 2.38. The number of pyridine rings is 2. The molecule has 2 N–H and O–H groups in total. The van der Waals surface area contributed by atoms with Crippen LogP contribution in [0.1, 0.15) is 22.5 Å². The van der Waals surface area contributed by atoms with Crippen LogP contribution in [-0.4, -0.2) is 23.1 Å². The molecule has 0 saturated carbocycles. The zero-order chi connectivity index (χ0) is 14.5. The van der Waals surface area contributed by atoms with E-state index in [-0.39, 0.29) is 6.04 Å². The van der Waals surface area contributed by atoms with Gasteiger partial charge in [-0.2, -0.15) is 0 Å². The lowest BCUT2D eigenvalue weighted by Crippen LogP contribution is -2.27. The van der Waals surface area contributed by atoms with Crippen LogP contribution in [0.15, 0.2) is 30.6 Å². The van der Waals surface area contributed by atoms with Crippen molar-refractivity contribution in [3.63, 3.8) is 0 Å². The highest BCUT2D eigenvalue weighted by Crippen LogP contribution is 2.24. The standard InChI is InChI=1S/C16H21N3O/c1-11-10-19-15(12(2)16(11)20-3)9-13(17)8-14-6-4-5-7-18-14/h4-7,10,13H,8-9,17H2,1-3H3. The fourth-order valence-corrected chi connectivity index (χ4v) is 2.38. The topological polar surface area (TPSA) is 61.0 Å². The van der Waals surface area contributed by atoms with Gasteiger partial charge in [0.25, 0.3) is 0 Å². The summed E-state index contributed by atoms with van der Waals surface area (Å²) in [7, 11) is 1.69. The van der Waals surface area contributed by atoms with Gasteiger partial charge in [0.1, 0.15) is 5.75 Å². The molecule has 0 aromatic carbocycles. The first-order valence-corrected chi connectivity index (χ1v) is 6.76. The summed E-state index contributed by atoms with van der Waals surface area (Å²) < 4.78 is 5.42. The van der Waals surface area contributed by atoms with E-state index in [1.54, 1.807) is 13.3 Å². The van der Waals surface area contributed by atoms with Crippen molar-refractivity contribution in [1.29, 1.82) is 0 Å². The molecule has 1 unspecified atom stereocenters. The van der Waals surface area contributed by atoms with Gasteiger partial charge >= 0.3 is 0 Å². The van der Waals surface area contributed by atoms with E-state index < -0.39 is 0 Å². The predicted molar refractivity (Wildman–Crippen MR) is 79.9 cm³/mol. The fraction of sp³-hybridized carbons (Fsp3) is 0.375. The molecule has 0 radical (unpaired) electrons. The smallest absolute Gasteiger partial charge is 0.128 e. The maximum absolute atomic E-state index is 6.22. The van der Waals surface area contributed by atoms with Gasteiger partial charge < -0.3 is 10.5 Å². The number of hydrogen-bond donors (Lipinski definition) is 1. The van der Waals surface area contributed by atoms with Gasteiger partial charge in [-0.1, -0.05) is 6.07 Å². The van der Waals surface area contributed by atoms with Crippen molar-refractivity contribution in [3.05, 3.63) is 53.1 Å². The molecule has 0 aliphatic rings. The average molecular weight is 271 g/mol. The van der Waals surface area contributed by atoms with Crippen molar-refractivity contribution in [1.82, 2.24) is 9.97 Å². The highest BCUT2D eigenvalue weighted by molar-refractivity contribution is 5.41. The van der Waals surface area contributed by atoms with Gasteiger partial charge in [0.2, 0.25) is 0 Å². The Morgan fingerprint density at radius 3 is 2.65 bits per heavy atom. The van der Waals surface area contributed by atoms with E-state index in [1.165, 1.54) is 0 Å². The van der Waals surface area contributed by atoms with Crippen LogP contribution in [0, 0.1) is 13.8 Å². The zero-order valence-electron chi connectivity index (χ0n) is 12.3. The molecule has 0 amide bonds. The summed E-state index contributed by atoms with van der Waals surface area (Å²) in [5, 5.41) is 0. The summed E-state index contributed by atoms with van der Waals surface area (Å²) in [5.74, 6) is 0.903. The Bertz CT molecular complexity index is 569. The zero-order valence-corrected chi connectivity index (χ0v) is 12.3. The second-order valence-electron chi connectivity index (χ2n) is 5.04. The number of rotatable bonds is 5. The van der Waals surface area contributed by atoms with Crippen LogP contribution < -0.4 is 10.5 Å². The van der Waals surface area contributed by atoms with Crippen molar-refractivity contribution in [2.75, 3.05) is 7.11 Å². The summed E-state index contributed by atoms with van der Waals surface area (Å²) in [6.45, 7) is 4.03. The van der Waals surface area contributed by atoms with Crippen molar-refractivity contribution in [2.45, 2.75) is 32.7 Å². The molecule has 2 aromatic heterocycles. The number of ether oxygens (including phenoxy) is 1. The van der Waals surface area contributed by atoms with Crippen LogP contribution in [-0.2, 0) is 12.8 Å². The van der Waals surface area contributed by atoms with Gasteiger partial charge in [0.05, 0.1) is 7.11 Å². The molecule has 2 aromatic rings. The summed E-state index contributed by atoms with van der Waals surface area (Å²) in [5.41, 5.74) is 10.3. The molecule has 0 saturated heterocycles. The lowest BCUT2D eigenvalue weighted by Gasteiger charge is -2.15. The molecule has 106 valence electrons. The molecule has 0 fully saturated rings. The molecule has 20 heavy (non-hydrogen) atoms. The molecule has 2 heterocycles. The Kier molecular flexibility index (Phi) is 4.69. The monoisotopic (exact) mass is 271 g/mol. The Balaban J connectivity index is 2.10. The maximum atomic E-state index is 6.22. The second kappa shape index (κ2) is 6.48. The van der Waals surface area contributed by atoms with Crippen molar-refractivity contribution < 1.29 is 4.74 Å². The predicted octanol–water partition coefficient (Wildman–Crippen LogP) is 2.21. The molecule has 0 spiro atoms. The minimum absolute atomic E-state index is 0.00325. The first-order valence-electron chi connectivity index (χ1n) is 6.76. The molecular formula is C16H21N3O. The van der Waals surface area contributed by atoms with Gasteiger partial charge in [-0.3, -0.25) is 9.97 Å². The van der Waals surface area contributed by atoms with Crippen molar-refractivity contribution in [3.8, 4) is 5.75 Å². The van der Waals surface area contributed by atoms with Gasteiger partial charge in [-0.05, 0) is 26.0 Å². The van der Waals surface area contributed by atoms with Crippen LogP contribution in [0.2, 0.25) is 0 Å². The van der Waals surface area contributed by atoms with E-state index in [4.69, 9.17) is 10.5 Å². The largest absolute Gasteiger partial charge is 0.496 e. The highest BCUT2D eigenvalue weighted by Gasteiger charge is 2.13. The van der Waals surface area contributed by atoms with E-state index in [0.717, 1.165) is 41.1 Å². The molecule has 0 aliphatic heterocycles. The number of nitrogens with zero attached hydrogens (tertiary/aromatic N) is 2. The number of aryl methyl sites for hydroxylation is 1. The first kappa shape index (κ1) is 14.5. The van der Waals surface area contributed by atoms with E-state index in [0.29, 0.717) is 0 Å². The molecule has 4 heteroatoms. The molecule has 4 nitrogen and oxygen atoms in total. The van der Waals surface area contributed by atoms with Crippen LogP contribution in [0.4, 0.5) is 0 Å². The summed E-state index contributed by atoms with van der Waals surface area (Å²) in [4.78, 5) is 8.79. The molecule has 0 bridgehead atoms. The first-order chi connectivity index (χ1) is 9.61. The van der Waals surface area contributed by atoms with Gasteiger partial charge in [0, 0.05) is 53.8 Å². The summed E-state index contributed by atoms with van der Waals surface area (Å²) >= 11 is 0. The number of nitrogens with two attached hydrogens (primary N) is 1. The Labute approximate surface area is 120 Å². The van der Waals surface area contributed by atoms with Crippen LogP contribution in [0.25, 0.3) is 0 Å². The quantitative estimate of drug-likeness (QED) is 0.905. The van der Waals surface area contributed by atoms with Crippen LogP contribution >= 0.6 is 0 Å². The SMILES string of the molecule is COc1c(C)cnc(CC(N)Cc2ccccn2)c1C. The number of hydrogen-bond acceptors (Lipinski definition) is 4. The Morgan fingerprint density at radius 1 is 1.20 bits per heavy atom. The van der Waals surface area contributed by atoms with Crippen molar-refractivity contribution in [2.24, 2.45) is 5.73 Å². The van der Waals surface area contributed by atoms with E-state index in [2.05, 4.69) is 9.97 Å². The summed E-state index contributed by atoms with van der Waals surface area (Å²) in [6, 6.07) is 5.89. The number of methoxy groups -OCH3 is 1. The average Bonchev–Trinajstić information content (AvgIpc) is 2.44. The minimum Gasteiger partial charge on any atom is -0.496 e. The highest BCUT2D eigenvalue weighted by atomic mass is 16.5. The van der Waals surface area contributed by atoms with Crippen molar-refractivity contribution >= 4 is 0 Å². The minimum atomic E-state index is 0.00325. The van der Waals surface area contributed by atoms with Crippen LogP contribution in [0.3, 0.4) is 0 Å². The van der Waals surface area contributed by atoms with Gasteiger partial charge in [-0.25, -0.2) is 0 Å². The van der Waals surface area contributed by atoms with Crippen LogP contribution in [0.5, 0.6) is 5.75 Å². The normalized spacial score (nSPS) is 12.2. The molecular weight excluding hydrogens is 250 g/mol. The van der Waals surface area contributed by atoms with E-state index in [1.807, 2.05) is 38.2 Å². The molecule has 0 aliphatic carbocycles. The third kappa shape index (κ3) is 3.33. The Morgan fingerprint density at radius 2 is 2.00 bits per heavy atom. The molecule has 2 rings (SSSR count). The third-order valence-electron chi connectivity index (χ3n) is 3.40. The van der Waals surface area contributed by atoms with E-state index >= 15 is 0 Å². The maximum Gasteiger partial charge on any atom is 0.128 e.